The minimum absolute atomic E-state index is 0.0245. The third-order valence-corrected chi connectivity index (χ3v) is 6.17. The summed E-state index contributed by atoms with van der Waals surface area (Å²) in [7, 11) is 0. The van der Waals surface area contributed by atoms with Crippen molar-refractivity contribution in [3.05, 3.63) is 60.4 Å². The first kappa shape index (κ1) is 18.9. The summed E-state index contributed by atoms with van der Waals surface area (Å²) in [4.78, 5) is 34.5. The average molecular weight is 402 g/mol. The molecule has 1 atom stereocenters. The van der Waals surface area contributed by atoms with Crippen molar-refractivity contribution in [2.75, 3.05) is 18.0 Å². The van der Waals surface area contributed by atoms with Gasteiger partial charge in [-0.05, 0) is 44.0 Å². The molecule has 6 nitrogen and oxygen atoms in total. The molecule has 2 aliphatic rings. The SMILES string of the molecule is CCN(C(=O)Cn1c(C2CC(=O)N(C3CC3)C2)nc2ccccc21)c1ccccc1. The molecule has 154 valence electrons. The number of hydrogen-bond donors (Lipinski definition) is 0. The van der Waals surface area contributed by atoms with Gasteiger partial charge in [0.15, 0.2) is 0 Å². The highest BCUT2D eigenvalue weighted by molar-refractivity contribution is 5.94. The van der Waals surface area contributed by atoms with Crippen molar-refractivity contribution in [1.82, 2.24) is 14.5 Å². The van der Waals surface area contributed by atoms with Gasteiger partial charge in [0.2, 0.25) is 11.8 Å². The Morgan fingerprint density at radius 2 is 1.83 bits per heavy atom. The number of hydrogen-bond acceptors (Lipinski definition) is 3. The molecule has 1 saturated heterocycles. The summed E-state index contributed by atoms with van der Waals surface area (Å²) in [5.41, 5.74) is 2.72. The Morgan fingerprint density at radius 1 is 1.10 bits per heavy atom. The van der Waals surface area contributed by atoms with Crippen molar-refractivity contribution in [2.45, 2.75) is 44.7 Å². The molecule has 2 aromatic carbocycles. The van der Waals surface area contributed by atoms with Gasteiger partial charge in [-0.2, -0.15) is 0 Å². The van der Waals surface area contributed by atoms with E-state index in [4.69, 9.17) is 4.98 Å². The van der Waals surface area contributed by atoms with Gasteiger partial charge < -0.3 is 14.4 Å². The second-order valence-electron chi connectivity index (χ2n) is 8.20. The maximum Gasteiger partial charge on any atom is 0.246 e. The molecule has 1 unspecified atom stereocenters. The number of fused-ring (bicyclic) bond motifs is 1. The number of imidazole rings is 1. The highest BCUT2D eigenvalue weighted by atomic mass is 16.2. The Hall–Kier alpha value is -3.15. The number of carbonyl (C=O) groups excluding carboxylic acids is 2. The predicted molar refractivity (Wildman–Crippen MR) is 116 cm³/mol. The zero-order valence-electron chi connectivity index (χ0n) is 17.2. The van der Waals surface area contributed by atoms with Crippen molar-refractivity contribution in [2.24, 2.45) is 0 Å². The molecule has 1 aliphatic heterocycles. The van der Waals surface area contributed by atoms with Crippen LogP contribution in [0.2, 0.25) is 0 Å². The minimum Gasteiger partial charge on any atom is -0.339 e. The first-order valence-electron chi connectivity index (χ1n) is 10.8. The number of aromatic nitrogens is 2. The Kier molecular flexibility index (Phi) is 4.77. The molecular weight excluding hydrogens is 376 g/mol. The normalized spacial score (nSPS) is 18.9. The maximum atomic E-state index is 13.3. The zero-order valence-corrected chi connectivity index (χ0v) is 17.2. The van der Waals surface area contributed by atoms with Gasteiger partial charge in [-0.25, -0.2) is 4.98 Å². The smallest absolute Gasteiger partial charge is 0.246 e. The van der Waals surface area contributed by atoms with Gasteiger partial charge in [0, 0.05) is 37.2 Å². The number of amides is 2. The Balaban J connectivity index is 1.48. The number of likely N-dealkylation sites (N-methyl/N-ethyl adjacent to an activating group) is 1. The summed E-state index contributed by atoms with van der Waals surface area (Å²) in [5, 5.41) is 0. The third kappa shape index (κ3) is 3.36. The molecule has 1 saturated carbocycles. The topological polar surface area (TPSA) is 58.4 Å². The van der Waals surface area contributed by atoms with Crippen LogP contribution < -0.4 is 4.90 Å². The van der Waals surface area contributed by atoms with Crippen LogP contribution in [-0.4, -0.2) is 45.4 Å². The lowest BCUT2D eigenvalue weighted by atomic mass is 10.1. The van der Waals surface area contributed by atoms with E-state index in [9.17, 15) is 9.59 Å². The van der Waals surface area contributed by atoms with Gasteiger partial charge in [-0.1, -0.05) is 30.3 Å². The van der Waals surface area contributed by atoms with E-state index in [1.807, 2.05) is 71.0 Å². The van der Waals surface area contributed by atoms with E-state index in [0.29, 0.717) is 25.6 Å². The van der Waals surface area contributed by atoms with Gasteiger partial charge in [0.05, 0.1) is 11.0 Å². The quantitative estimate of drug-likeness (QED) is 0.633. The van der Waals surface area contributed by atoms with Gasteiger partial charge in [-0.15, -0.1) is 0 Å². The Morgan fingerprint density at radius 3 is 2.57 bits per heavy atom. The van der Waals surface area contributed by atoms with E-state index in [2.05, 4.69) is 0 Å². The van der Waals surface area contributed by atoms with Crippen molar-refractivity contribution in [1.29, 1.82) is 0 Å². The van der Waals surface area contributed by atoms with E-state index in [1.165, 1.54) is 0 Å². The van der Waals surface area contributed by atoms with Crippen LogP contribution in [0.4, 0.5) is 5.69 Å². The van der Waals surface area contributed by atoms with Crippen molar-refractivity contribution in [3.63, 3.8) is 0 Å². The lowest BCUT2D eigenvalue weighted by Crippen LogP contribution is -2.34. The molecule has 0 N–H and O–H groups in total. The second-order valence-corrected chi connectivity index (χ2v) is 8.20. The molecule has 30 heavy (non-hydrogen) atoms. The van der Waals surface area contributed by atoms with Gasteiger partial charge in [0.1, 0.15) is 12.4 Å². The minimum atomic E-state index is 0.0245. The van der Waals surface area contributed by atoms with Crippen LogP contribution >= 0.6 is 0 Å². The summed E-state index contributed by atoms with van der Waals surface area (Å²) in [6.45, 7) is 3.51. The van der Waals surface area contributed by atoms with E-state index in [1.54, 1.807) is 4.90 Å². The molecule has 5 rings (SSSR count). The highest BCUT2D eigenvalue weighted by Crippen LogP contribution is 2.37. The number of para-hydroxylation sites is 3. The molecule has 3 aromatic rings. The number of carbonyl (C=O) groups is 2. The highest BCUT2D eigenvalue weighted by Gasteiger charge is 2.41. The van der Waals surface area contributed by atoms with Crippen LogP contribution in [0, 0.1) is 0 Å². The monoisotopic (exact) mass is 402 g/mol. The molecular formula is C24H26N4O2. The molecule has 2 fully saturated rings. The molecule has 0 bridgehead atoms. The zero-order chi connectivity index (χ0) is 20.7. The van der Waals surface area contributed by atoms with Crippen molar-refractivity contribution in [3.8, 4) is 0 Å². The number of anilines is 1. The fourth-order valence-corrected chi connectivity index (χ4v) is 4.55. The van der Waals surface area contributed by atoms with Crippen LogP contribution in [0.25, 0.3) is 11.0 Å². The van der Waals surface area contributed by atoms with Crippen molar-refractivity contribution >= 4 is 28.5 Å². The lowest BCUT2D eigenvalue weighted by molar-refractivity contribution is -0.128. The van der Waals surface area contributed by atoms with Gasteiger partial charge >= 0.3 is 0 Å². The number of likely N-dealkylation sites (tertiary alicyclic amines) is 1. The van der Waals surface area contributed by atoms with Gasteiger partial charge in [-0.3, -0.25) is 9.59 Å². The molecule has 1 aromatic heterocycles. The molecule has 6 heteroatoms. The van der Waals surface area contributed by atoms with E-state index >= 15 is 0 Å². The van der Waals surface area contributed by atoms with Crippen LogP contribution in [0.15, 0.2) is 54.6 Å². The Bertz CT molecular complexity index is 1090. The molecule has 2 heterocycles. The largest absolute Gasteiger partial charge is 0.339 e. The third-order valence-electron chi connectivity index (χ3n) is 6.17. The molecule has 1 aliphatic carbocycles. The standard InChI is InChI=1S/C24H26N4O2/c1-2-26(18-8-4-3-5-9-18)23(30)16-28-21-11-7-6-10-20(21)25-24(28)17-14-22(29)27(15-17)19-12-13-19/h3-11,17,19H,2,12-16H2,1H3. The summed E-state index contributed by atoms with van der Waals surface area (Å²) in [5.74, 6) is 1.12. The molecule has 0 radical (unpaired) electrons. The summed E-state index contributed by atoms with van der Waals surface area (Å²) in [6, 6.07) is 18.1. The van der Waals surface area contributed by atoms with Crippen LogP contribution in [0.3, 0.4) is 0 Å². The fourth-order valence-electron chi connectivity index (χ4n) is 4.55. The van der Waals surface area contributed by atoms with E-state index in [0.717, 1.165) is 35.4 Å². The van der Waals surface area contributed by atoms with Crippen LogP contribution in [0.5, 0.6) is 0 Å². The first-order chi connectivity index (χ1) is 14.7. The number of nitrogens with zero attached hydrogens (tertiary/aromatic N) is 4. The van der Waals surface area contributed by atoms with Crippen molar-refractivity contribution < 1.29 is 9.59 Å². The summed E-state index contributed by atoms with van der Waals surface area (Å²) in [6.07, 6.45) is 2.69. The molecule has 0 spiro atoms. The fraction of sp³-hybridized carbons (Fsp3) is 0.375. The van der Waals surface area contributed by atoms with E-state index < -0.39 is 0 Å². The first-order valence-corrected chi connectivity index (χ1v) is 10.8. The predicted octanol–water partition coefficient (Wildman–Crippen LogP) is 3.57. The van der Waals surface area contributed by atoms with E-state index in [-0.39, 0.29) is 24.3 Å². The lowest BCUT2D eigenvalue weighted by Gasteiger charge is -2.22. The molecule has 2 amide bonds. The summed E-state index contributed by atoms with van der Waals surface area (Å²) >= 11 is 0. The average Bonchev–Trinajstić information content (AvgIpc) is 3.44. The number of benzene rings is 2. The second kappa shape index (κ2) is 7.59. The van der Waals surface area contributed by atoms with Crippen LogP contribution in [0.1, 0.15) is 37.9 Å². The Labute approximate surface area is 176 Å². The number of rotatable bonds is 6. The van der Waals surface area contributed by atoms with Crippen LogP contribution in [-0.2, 0) is 16.1 Å². The van der Waals surface area contributed by atoms with Gasteiger partial charge in [0.25, 0.3) is 0 Å². The maximum absolute atomic E-state index is 13.3. The summed E-state index contributed by atoms with van der Waals surface area (Å²) < 4.78 is 2.03.